The van der Waals surface area contributed by atoms with Crippen molar-refractivity contribution in [2.24, 2.45) is 0 Å². The average Bonchev–Trinajstić information content (AvgIpc) is 2.92. The molecule has 1 aliphatic rings. The second-order valence-corrected chi connectivity index (χ2v) is 6.03. The number of rotatable bonds is 6. The Morgan fingerprint density at radius 3 is 2.50 bits per heavy atom. The molecule has 0 unspecified atom stereocenters. The lowest BCUT2D eigenvalue weighted by molar-refractivity contribution is -0.0553. The molecule has 4 N–H and O–H groups in total. The summed E-state index contributed by atoms with van der Waals surface area (Å²) in [5.41, 5.74) is -0.304. The molecule has 9 nitrogen and oxygen atoms in total. The van der Waals surface area contributed by atoms with Crippen molar-refractivity contribution in [1.82, 2.24) is 9.55 Å². The minimum atomic E-state index is -1.42. The maximum absolute atomic E-state index is 12.1. The first-order valence-corrected chi connectivity index (χ1v) is 8.09. The Labute approximate surface area is 148 Å². The summed E-state index contributed by atoms with van der Waals surface area (Å²) in [6, 6.07) is 9.38. The van der Waals surface area contributed by atoms with Gasteiger partial charge in [0.15, 0.2) is 6.23 Å². The molecule has 0 aliphatic carbocycles. The van der Waals surface area contributed by atoms with Crippen LogP contribution in [-0.2, 0) is 22.7 Å². The zero-order valence-corrected chi connectivity index (χ0v) is 13.8. The molecule has 2 aromatic rings. The van der Waals surface area contributed by atoms with Gasteiger partial charge in [-0.3, -0.25) is 14.3 Å². The van der Waals surface area contributed by atoms with Crippen LogP contribution in [-0.4, -0.2) is 49.8 Å². The number of H-pyrrole nitrogens is 1. The molecule has 1 aromatic carbocycles. The van der Waals surface area contributed by atoms with Crippen molar-refractivity contribution in [3.63, 3.8) is 0 Å². The van der Waals surface area contributed by atoms with Gasteiger partial charge >= 0.3 is 5.69 Å². The number of ether oxygens (including phenoxy) is 2. The van der Waals surface area contributed by atoms with Crippen molar-refractivity contribution in [3.8, 4) is 0 Å². The summed E-state index contributed by atoms with van der Waals surface area (Å²) in [5.74, 6) is 0. The summed E-state index contributed by atoms with van der Waals surface area (Å²) in [5, 5.41) is 29.0. The maximum atomic E-state index is 12.1. The van der Waals surface area contributed by atoms with Crippen molar-refractivity contribution < 1.29 is 24.8 Å². The molecule has 26 heavy (non-hydrogen) atoms. The van der Waals surface area contributed by atoms with Crippen LogP contribution in [0.15, 0.2) is 46.1 Å². The van der Waals surface area contributed by atoms with Crippen molar-refractivity contribution >= 4 is 0 Å². The molecule has 1 fully saturated rings. The van der Waals surface area contributed by atoms with E-state index >= 15 is 0 Å². The highest BCUT2D eigenvalue weighted by Crippen LogP contribution is 2.28. The number of nitrogens with zero attached hydrogens (tertiary/aromatic N) is 1. The van der Waals surface area contributed by atoms with E-state index in [9.17, 15) is 19.8 Å². The maximum Gasteiger partial charge on any atom is 0.330 e. The Balaban J connectivity index is 1.77. The van der Waals surface area contributed by atoms with Gasteiger partial charge in [0.1, 0.15) is 18.3 Å². The van der Waals surface area contributed by atoms with Crippen LogP contribution >= 0.6 is 0 Å². The minimum Gasteiger partial charge on any atom is -0.394 e. The first-order valence-electron chi connectivity index (χ1n) is 8.09. The zero-order chi connectivity index (χ0) is 18.7. The molecule has 9 heteroatoms. The van der Waals surface area contributed by atoms with E-state index < -0.39 is 42.4 Å². The normalized spacial score (nSPS) is 25.5. The van der Waals surface area contributed by atoms with Crippen LogP contribution in [0.25, 0.3) is 0 Å². The largest absolute Gasteiger partial charge is 0.394 e. The Bertz CT molecular complexity index is 848. The van der Waals surface area contributed by atoms with E-state index in [1.54, 1.807) is 0 Å². The summed E-state index contributed by atoms with van der Waals surface area (Å²) < 4.78 is 11.8. The topological polar surface area (TPSA) is 134 Å². The lowest BCUT2D eigenvalue weighted by Crippen LogP contribution is -2.39. The molecule has 1 aliphatic heterocycles. The molecule has 140 valence electrons. The Morgan fingerprint density at radius 2 is 1.85 bits per heavy atom. The summed E-state index contributed by atoms with van der Waals surface area (Å²) in [6.45, 7) is -0.285. The number of hydrogen-bond acceptors (Lipinski definition) is 7. The van der Waals surface area contributed by atoms with Crippen molar-refractivity contribution in [2.75, 3.05) is 6.61 Å². The molecule has 0 spiro atoms. The third kappa shape index (κ3) is 3.76. The lowest BCUT2D eigenvalue weighted by Gasteiger charge is -2.18. The van der Waals surface area contributed by atoms with Gasteiger partial charge in [-0.15, -0.1) is 0 Å². The average molecular weight is 364 g/mol. The van der Waals surface area contributed by atoms with Crippen LogP contribution in [0.2, 0.25) is 0 Å². The summed E-state index contributed by atoms with van der Waals surface area (Å²) >= 11 is 0. The fourth-order valence-electron chi connectivity index (χ4n) is 2.78. The SMILES string of the molecule is O=c1[nH]c(=O)n([C@@H]2O[C@H](CO)[C@@H](O)[C@H]2O)cc1COCc1ccccc1. The standard InChI is InChI=1S/C17H20N2O7/c20-7-12-13(21)14(22)16(26-12)19-6-11(15(23)18-17(19)24)9-25-8-10-4-2-1-3-5-10/h1-6,12-14,16,20-22H,7-9H2,(H,18,23,24)/t12-,13-,14-,16-/m1/s1. The van der Waals surface area contributed by atoms with Crippen LogP contribution in [0.1, 0.15) is 17.4 Å². The number of aliphatic hydroxyl groups excluding tert-OH is 3. The summed E-state index contributed by atoms with van der Waals surface area (Å²) in [7, 11) is 0. The highest BCUT2D eigenvalue weighted by atomic mass is 16.6. The molecule has 0 radical (unpaired) electrons. The van der Waals surface area contributed by atoms with Crippen LogP contribution in [0.3, 0.4) is 0 Å². The second kappa shape index (κ2) is 7.94. The molecular formula is C17H20N2O7. The fourth-order valence-corrected chi connectivity index (χ4v) is 2.78. The quantitative estimate of drug-likeness (QED) is 0.509. The first-order chi connectivity index (χ1) is 12.5. The van der Waals surface area contributed by atoms with Gasteiger partial charge in [-0.2, -0.15) is 0 Å². The number of aromatic nitrogens is 2. The van der Waals surface area contributed by atoms with Gasteiger partial charge in [0.05, 0.1) is 25.4 Å². The Morgan fingerprint density at radius 1 is 1.12 bits per heavy atom. The first kappa shape index (κ1) is 18.5. The second-order valence-electron chi connectivity index (χ2n) is 6.03. The number of nitrogens with one attached hydrogen (secondary N) is 1. The van der Waals surface area contributed by atoms with Crippen molar-refractivity contribution in [2.45, 2.75) is 37.8 Å². The van der Waals surface area contributed by atoms with E-state index in [2.05, 4.69) is 4.98 Å². The van der Waals surface area contributed by atoms with Gasteiger partial charge in [-0.1, -0.05) is 30.3 Å². The zero-order valence-electron chi connectivity index (χ0n) is 13.8. The van der Waals surface area contributed by atoms with Gasteiger partial charge in [-0.25, -0.2) is 4.79 Å². The third-order valence-electron chi connectivity index (χ3n) is 4.20. The molecule has 0 saturated carbocycles. The highest BCUT2D eigenvalue weighted by Gasteiger charge is 2.43. The molecule has 1 saturated heterocycles. The molecule has 2 heterocycles. The molecule has 0 bridgehead atoms. The molecular weight excluding hydrogens is 344 g/mol. The number of hydrogen-bond donors (Lipinski definition) is 4. The van der Waals surface area contributed by atoms with Gasteiger partial charge in [0.25, 0.3) is 5.56 Å². The molecule has 0 amide bonds. The molecule has 1 aromatic heterocycles. The fraction of sp³-hybridized carbons (Fsp3) is 0.412. The number of aromatic amines is 1. The predicted molar refractivity (Wildman–Crippen MR) is 89.3 cm³/mol. The van der Waals surface area contributed by atoms with Gasteiger partial charge in [0.2, 0.25) is 0 Å². The Hall–Kier alpha value is -2.30. The summed E-state index contributed by atoms with van der Waals surface area (Å²) in [4.78, 5) is 26.2. The predicted octanol–water partition coefficient (Wildman–Crippen LogP) is -1.14. The van der Waals surface area contributed by atoms with Crippen molar-refractivity contribution in [1.29, 1.82) is 0 Å². The lowest BCUT2D eigenvalue weighted by atomic mass is 10.1. The van der Waals surface area contributed by atoms with E-state index in [0.717, 1.165) is 10.1 Å². The third-order valence-corrected chi connectivity index (χ3v) is 4.20. The molecule has 3 rings (SSSR count). The van der Waals surface area contributed by atoms with E-state index in [1.807, 2.05) is 30.3 Å². The molecule has 4 atom stereocenters. The van der Waals surface area contributed by atoms with Gasteiger partial charge in [0, 0.05) is 6.20 Å². The van der Waals surface area contributed by atoms with E-state index in [1.165, 1.54) is 6.20 Å². The number of aliphatic hydroxyl groups is 3. The smallest absolute Gasteiger partial charge is 0.330 e. The van der Waals surface area contributed by atoms with Gasteiger partial charge < -0.3 is 24.8 Å². The van der Waals surface area contributed by atoms with Crippen molar-refractivity contribution in [3.05, 3.63) is 68.5 Å². The minimum absolute atomic E-state index is 0.0562. The Kier molecular flexibility index (Phi) is 5.64. The van der Waals surface area contributed by atoms with E-state index in [4.69, 9.17) is 14.6 Å². The van der Waals surface area contributed by atoms with Crippen LogP contribution < -0.4 is 11.2 Å². The van der Waals surface area contributed by atoms with E-state index in [-0.39, 0.29) is 18.8 Å². The van der Waals surface area contributed by atoms with Crippen LogP contribution in [0.4, 0.5) is 0 Å². The number of benzene rings is 1. The highest BCUT2D eigenvalue weighted by molar-refractivity contribution is 5.13. The van der Waals surface area contributed by atoms with E-state index in [0.29, 0.717) is 0 Å². The van der Waals surface area contributed by atoms with Crippen LogP contribution in [0, 0.1) is 0 Å². The monoisotopic (exact) mass is 364 g/mol. The van der Waals surface area contributed by atoms with Gasteiger partial charge in [-0.05, 0) is 5.56 Å². The van der Waals surface area contributed by atoms with Crippen LogP contribution in [0.5, 0.6) is 0 Å². The summed E-state index contributed by atoms with van der Waals surface area (Å²) in [6.07, 6.45) is -3.78.